The van der Waals surface area contributed by atoms with Gasteiger partial charge >= 0.3 is 0 Å². The van der Waals surface area contributed by atoms with Gasteiger partial charge in [-0.3, -0.25) is 9.80 Å². The van der Waals surface area contributed by atoms with Gasteiger partial charge < -0.3 is 0 Å². The van der Waals surface area contributed by atoms with Gasteiger partial charge in [0.15, 0.2) is 0 Å². The van der Waals surface area contributed by atoms with Crippen LogP contribution in [0.4, 0.5) is 0 Å². The summed E-state index contributed by atoms with van der Waals surface area (Å²) >= 11 is 4.59. The smallest absolute Gasteiger partial charge is 0.108 e. The average Bonchev–Trinajstić information content (AvgIpc) is 2.09. The van der Waals surface area contributed by atoms with Crippen LogP contribution in [0.5, 0.6) is 0 Å². The van der Waals surface area contributed by atoms with E-state index in [1.807, 2.05) is 0 Å². The van der Waals surface area contributed by atoms with Gasteiger partial charge in [-0.15, -0.1) is 12.6 Å². The number of hydrogen-bond acceptors (Lipinski definition) is 3. The first-order valence-electron chi connectivity index (χ1n) is 4.87. The van der Waals surface area contributed by atoms with Crippen LogP contribution >= 0.6 is 12.6 Å². The standard InChI is InChI=1S/C9H22N2S/c1-5-10(6-2)9(12)11(7-3)8-4/h9,12H,5-8H2,1-4H3. The van der Waals surface area contributed by atoms with Gasteiger partial charge in [0.25, 0.3) is 0 Å². The monoisotopic (exact) mass is 190 g/mol. The number of nitrogens with zero attached hydrogens (tertiary/aromatic N) is 2. The summed E-state index contributed by atoms with van der Waals surface area (Å²) in [5.41, 5.74) is 0.287. The molecule has 0 fully saturated rings. The van der Waals surface area contributed by atoms with Crippen LogP contribution in [0.1, 0.15) is 27.7 Å². The lowest BCUT2D eigenvalue weighted by molar-refractivity contribution is 0.126. The first-order valence-corrected chi connectivity index (χ1v) is 5.38. The summed E-state index contributed by atoms with van der Waals surface area (Å²) in [6.45, 7) is 13.0. The molecule has 0 rings (SSSR count). The van der Waals surface area contributed by atoms with Crippen LogP contribution in [0.15, 0.2) is 0 Å². The molecule has 74 valence electrons. The average molecular weight is 190 g/mol. The fourth-order valence-electron chi connectivity index (χ4n) is 1.33. The highest BCUT2D eigenvalue weighted by Gasteiger charge is 2.15. The fourth-order valence-corrected chi connectivity index (χ4v) is 1.98. The second-order valence-corrected chi connectivity index (χ2v) is 3.25. The van der Waals surface area contributed by atoms with Gasteiger partial charge in [-0.2, -0.15) is 0 Å². The SMILES string of the molecule is CCN(CC)C(S)N(CC)CC. The van der Waals surface area contributed by atoms with Gasteiger partial charge in [0.1, 0.15) is 5.50 Å². The normalized spacial score (nSPS) is 12.0. The Morgan fingerprint density at radius 2 is 1.08 bits per heavy atom. The third-order valence-electron chi connectivity index (χ3n) is 2.28. The minimum Gasteiger partial charge on any atom is -0.280 e. The molecule has 0 aliphatic heterocycles. The molecule has 12 heavy (non-hydrogen) atoms. The fraction of sp³-hybridized carbons (Fsp3) is 1.00. The summed E-state index contributed by atoms with van der Waals surface area (Å²) in [6, 6.07) is 0. The molecule has 0 aliphatic carbocycles. The summed E-state index contributed by atoms with van der Waals surface area (Å²) < 4.78 is 0. The predicted molar refractivity (Wildman–Crippen MR) is 58.6 cm³/mol. The minimum absolute atomic E-state index is 0.287. The minimum atomic E-state index is 0.287. The maximum absolute atomic E-state index is 4.59. The van der Waals surface area contributed by atoms with Crippen LogP contribution in [0.3, 0.4) is 0 Å². The number of thiol groups is 1. The lowest BCUT2D eigenvalue weighted by Gasteiger charge is -2.34. The Morgan fingerprint density at radius 1 is 0.833 bits per heavy atom. The Kier molecular flexibility index (Phi) is 6.90. The van der Waals surface area contributed by atoms with Crippen molar-refractivity contribution in [1.82, 2.24) is 9.80 Å². The van der Waals surface area contributed by atoms with Gasteiger partial charge in [-0.1, -0.05) is 27.7 Å². The molecule has 0 bridgehead atoms. The van der Waals surface area contributed by atoms with Crippen molar-refractivity contribution < 1.29 is 0 Å². The number of rotatable bonds is 6. The Hall–Kier alpha value is 0.270. The molecule has 0 unspecified atom stereocenters. The maximum Gasteiger partial charge on any atom is 0.108 e. The van der Waals surface area contributed by atoms with Crippen molar-refractivity contribution in [2.75, 3.05) is 26.2 Å². The zero-order valence-electron chi connectivity index (χ0n) is 8.75. The molecule has 3 heteroatoms. The van der Waals surface area contributed by atoms with E-state index in [0.29, 0.717) is 0 Å². The van der Waals surface area contributed by atoms with Crippen molar-refractivity contribution in [1.29, 1.82) is 0 Å². The molecular weight excluding hydrogens is 168 g/mol. The van der Waals surface area contributed by atoms with E-state index >= 15 is 0 Å². The summed E-state index contributed by atoms with van der Waals surface area (Å²) in [5, 5.41) is 0. The Bertz CT molecular complexity index is 88.7. The van der Waals surface area contributed by atoms with Crippen LogP contribution in [0.2, 0.25) is 0 Å². The van der Waals surface area contributed by atoms with Crippen LogP contribution in [-0.4, -0.2) is 41.5 Å². The molecule has 0 atom stereocenters. The van der Waals surface area contributed by atoms with Crippen LogP contribution in [0, 0.1) is 0 Å². The van der Waals surface area contributed by atoms with Gasteiger partial charge in [-0.05, 0) is 26.2 Å². The van der Waals surface area contributed by atoms with E-state index in [2.05, 4.69) is 50.1 Å². The summed E-state index contributed by atoms with van der Waals surface area (Å²) in [7, 11) is 0. The van der Waals surface area contributed by atoms with Crippen molar-refractivity contribution in [3.05, 3.63) is 0 Å². The molecule has 0 radical (unpaired) electrons. The highest BCUT2D eigenvalue weighted by molar-refractivity contribution is 7.80. The van der Waals surface area contributed by atoms with Gasteiger partial charge in [0, 0.05) is 0 Å². The summed E-state index contributed by atoms with van der Waals surface area (Å²) in [6.07, 6.45) is 0. The van der Waals surface area contributed by atoms with E-state index in [1.165, 1.54) is 0 Å². The van der Waals surface area contributed by atoms with Gasteiger partial charge in [0.2, 0.25) is 0 Å². The van der Waals surface area contributed by atoms with E-state index < -0.39 is 0 Å². The van der Waals surface area contributed by atoms with E-state index in [9.17, 15) is 0 Å². The van der Waals surface area contributed by atoms with E-state index in [4.69, 9.17) is 0 Å². The summed E-state index contributed by atoms with van der Waals surface area (Å²) in [4.78, 5) is 4.69. The quantitative estimate of drug-likeness (QED) is 0.505. The lowest BCUT2D eigenvalue weighted by Crippen LogP contribution is -2.44. The third-order valence-corrected chi connectivity index (χ3v) is 2.93. The molecule has 0 N–H and O–H groups in total. The van der Waals surface area contributed by atoms with Gasteiger partial charge in [0.05, 0.1) is 0 Å². The topological polar surface area (TPSA) is 6.48 Å². The molecule has 0 aromatic rings. The zero-order chi connectivity index (χ0) is 9.56. The van der Waals surface area contributed by atoms with E-state index in [-0.39, 0.29) is 5.50 Å². The van der Waals surface area contributed by atoms with Crippen LogP contribution in [-0.2, 0) is 0 Å². The highest BCUT2D eigenvalue weighted by Crippen LogP contribution is 2.08. The van der Waals surface area contributed by atoms with Crippen LogP contribution < -0.4 is 0 Å². The first kappa shape index (κ1) is 12.3. The molecule has 0 aliphatic rings. The van der Waals surface area contributed by atoms with Crippen molar-refractivity contribution in [2.24, 2.45) is 0 Å². The van der Waals surface area contributed by atoms with E-state index in [1.54, 1.807) is 0 Å². The third kappa shape index (κ3) is 3.33. The molecular formula is C9H22N2S. The van der Waals surface area contributed by atoms with Crippen molar-refractivity contribution in [2.45, 2.75) is 33.2 Å². The molecule has 0 spiro atoms. The second-order valence-electron chi connectivity index (χ2n) is 2.79. The molecule has 0 saturated heterocycles. The second kappa shape index (κ2) is 6.75. The zero-order valence-corrected chi connectivity index (χ0v) is 9.64. The predicted octanol–water partition coefficient (Wildman–Crippen LogP) is 1.88. The first-order chi connectivity index (χ1) is 5.71. The van der Waals surface area contributed by atoms with Gasteiger partial charge in [-0.25, -0.2) is 0 Å². The van der Waals surface area contributed by atoms with Crippen molar-refractivity contribution in [3.8, 4) is 0 Å². The van der Waals surface area contributed by atoms with Crippen LogP contribution in [0.25, 0.3) is 0 Å². The molecule has 0 aromatic heterocycles. The highest BCUT2D eigenvalue weighted by atomic mass is 32.1. The number of hydrogen-bond donors (Lipinski definition) is 1. The lowest BCUT2D eigenvalue weighted by atomic mass is 10.5. The van der Waals surface area contributed by atoms with Crippen molar-refractivity contribution >= 4 is 12.6 Å². The Labute approximate surface area is 82.3 Å². The molecule has 0 aromatic carbocycles. The maximum atomic E-state index is 4.59. The van der Waals surface area contributed by atoms with Crippen molar-refractivity contribution in [3.63, 3.8) is 0 Å². The largest absolute Gasteiger partial charge is 0.280 e. The van der Waals surface area contributed by atoms with E-state index in [0.717, 1.165) is 26.2 Å². The molecule has 0 heterocycles. The Balaban J connectivity index is 4.02. The Morgan fingerprint density at radius 3 is 1.25 bits per heavy atom. The molecule has 0 amide bonds. The molecule has 2 nitrogen and oxygen atoms in total. The summed E-state index contributed by atoms with van der Waals surface area (Å²) in [5.74, 6) is 0. The molecule has 0 saturated carbocycles.